The Bertz CT molecular complexity index is 758. The van der Waals surface area contributed by atoms with Crippen LogP contribution in [0.2, 0.25) is 0 Å². The van der Waals surface area contributed by atoms with Crippen molar-refractivity contribution in [3.63, 3.8) is 0 Å². The Labute approximate surface area is 135 Å². The van der Waals surface area contributed by atoms with Crippen LogP contribution >= 0.6 is 0 Å². The van der Waals surface area contributed by atoms with E-state index in [-0.39, 0.29) is 5.56 Å². The molecule has 4 rings (SSSR count). The normalized spacial score (nSPS) is 24.2. The third-order valence-electron chi connectivity index (χ3n) is 5.22. The van der Waals surface area contributed by atoms with Gasteiger partial charge in [0.1, 0.15) is 0 Å². The maximum absolute atomic E-state index is 12.4. The van der Waals surface area contributed by atoms with Crippen LogP contribution in [-0.4, -0.2) is 51.7 Å². The Hall–Kier alpha value is -2.21. The van der Waals surface area contributed by atoms with E-state index in [1.54, 1.807) is 30.1 Å². The fourth-order valence-corrected chi connectivity index (χ4v) is 3.76. The molecule has 0 radical (unpaired) electrons. The van der Waals surface area contributed by atoms with Crippen LogP contribution in [-0.2, 0) is 7.05 Å². The van der Waals surface area contributed by atoms with E-state index in [4.69, 9.17) is 4.98 Å². The lowest BCUT2D eigenvalue weighted by atomic mass is 10.2. The second-order valence-corrected chi connectivity index (χ2v) is 6.53. The maximum atomic E-state index is 12.4. The van der Waals surface area contributed by atoms with Gasteiger partial charge >= 0.3 is 0 Å². The highest BCUT2D eigenvalue weighted by atomic mass is 16.1. The van der Waals surface area contributed by atoms with Crippen LogP contribution < -0.4 is 10.5 Å². The maximum Gasteiger partial charge on any atom is 0.255 e. The molecule has 6 heteroatoms. The van der Waals surface area contributed by atoms with Crippen molar-refractivity contribution in [3.05, 3.63) is 40.9 Å². The van der Waals surface area contributed by atoms with Crippen LogP contribution in [0.5, 0.6) is 0 Å². The van der Waals surface area contributed by atoms with Gasteiger partial charge in [0.25, 0.3) is 5.56 Å². The van der Waals surface area contributed by atoms with Gasteiger partial charge in [-0.2, -0.15) is 0 Å². The van der Waals surface area contributed by atoms with Gasteiger partial charge in [0.2, 0.25) is 5.95 Å². The zero-order chi connectivity index (χ0) is 16.0. The lowest BCUT2D eigenvalue weighted by Gasteiger charge is -2.39. The number of hydrogen-bond donors (Lipinski definition) is 0. The van der Waals surface area contributed by atoms with Gasteiger partial charge < -0.3 is 4.90 Å². The van der Waals surface area contributed by atoms with E-state index < -0.39 is 0 Å². The number of piperazine rings is 1. The number of fused-ring (bicyclic) bond motifs is 2. The van der Waals surface area contributed by atoms with Gasteiger partial charge in [-0.1, -0.05) is 0 Å². The van der Waals surface area contributed by atoms with Gasteiger partial charge in [-0.05, 0) is 32.0 Å². The summed E-state index contributed by atoms with van der Waals surface area (Å²) in [5.41, 5.74) is 1.63. The van der Waals surface area contributed by atoms with E-state index in [2.05, 4.69) is 21.8 Å². The van der Waals surface area contributed by atoms with Crippen LogP contribution in [0, 0.1) is 0 Å². The van der Waals surface area contributed by atoms with E-state index in [0.29, 0.717) is 12.1 Å². The number of hydrogen-bond acceptors (Lipinski definition) is 5. The molecular formula is C17H21N5O. The summed E-state index contributed by atoms with van der Waals surface area (Å²) < 4.78 is 1.66. The fraction of sp³-hybridized carbons (Fsp3) is 0.471. The number of aromatic nitrogens is 3. The SMILES string of the molecule is CN1[C@@H]2CC[C@H]1CN(c1nc(-c3ccncc3)cc(=O)n1C)C2. The van der Waals surface area contributed by atoms with Crippen molar-refractivity contribution in [3.8, 4) is 11.3 Å². The molecule has 2 aromatic rings. The Kier molecular flexibility index (Phi) is 3.41. The van der Waals surface area contributed by atoms with Gasteiger partial charge in [0, 0.05) is 56.2 Å². The molecule has 2 saturated heterocycles. The molecular weight excluding hydrogens is 290 g/mol. The largest absolute Gasteiger partial charge is 0.339 e. The Balaban J connectivity index is 1.74. The standard InChI is InChI=1S/C17H21N5O/c1-20-13-3-4-14(20)11-22(10-13)17-19-15(9-16(23)21(17)2)12-5-7-18-8-6-12/h5-9,13-14H,3-4,10-11H2,1-2H3/t13-,14+. The van der Waals surface area contributed by atoms with Gasteiger partial charge in [0.05, 0.1) is 5.69 Å². The first-order valence-electron chi connectivity index (χ1n) is 8.09. The van der Waals surface area contributed by atoms with Crippen molar-refractivity contribution < 1.29 is 0 Å². The van der Waals surface area contributed by atoms with Crippen LogP contribution in [0.15, 0.2) is 35.4 Å². The molecule has 4 heterocycles. The molecule has 0 saturated carbocycles. The Morgan fingerprint density at radius 1 is 1.09 bits per heavy atom. The van der Waals surface area contributed by atoms with Crippen LogP contribution in [0.3, 0.4) is 0 Å². The van der Waals surface area contributed by atoms with Crippen molar-refractivity contribution in [2.45, 2.75) is 24.9 Å². The quantitative estimate of drug-likeness (QED) is 0.832. The van der Waals surface area contributed by atoms with Crippen LogP contribution in [0.25, 0.3) is 11.3 Å². The minimum absolute atomic E-state index is 0.0203. The molecule has 0 aliphatic carbocycles. The van der Waals surface area contributed by atoms with Crippen molar-refractivity contribution in [1.82, 2.24) is 19.4 Å². The summed E-state index contributed by atoms with van der Waals surface area (Å²) in [5.74, 6) is 0.773. The number of nitrogens with zero attached hydrogens (tertiary/aromatic N) is 5. The molecule has 120 valence electrons. The van der Waals surface area contributed by atoms with Gasteiger partial charge in [0.15, 0.2) is 0 Å². The molecule has 0 N–H and O–H groups in total. The molecule has 0 aromatic carbocycles. The second-order valence-electron chi connectivity index (χ2n) is 6.53. The van der Waals surface area contributed by atoms with Gasteiger partial charge in [-0.3, -0.25) is 19.2 Å². The Morgan fingerprint density at radius 3 is 2.39 bits per heavy atom. The Morgan fingerprint density at radius 2 is 1.74 bits per heavy atom. The van der Waals surface area contributed by atoms with Crippen LogP contribution in [0.1, 0.15) is 12.8 Å². The van der Waals surface area contributed by atoms with Crippen molar-refractivity contribution >= 4 is 5.95 Å². The highest BCUT2D eigenvalue weighted by Gasteiger charge is 2.38. The number of anilines is 1. The molecule has 2 atom stereocenters. The predicted octanol–water partition coefficient (Wildman–Crippen LogP) is 1.13. The van der Waals surface area contributed by atoms with E-state index >= 15 is 0 Å². The monoisotopic (exact) mass is 311 g/mol. The topological polar surface area (TPSA) is 54.3 Å². The smallest absolute Gasteiger partial charge is 0.255 e. The lowest BCUT2D eigenvalue weighted by Crippen LogP contribution is -2.53. The fourth-order valence-electron chi connectivity index (χ4n) is 3.76. The third-order valence-corrected chi connectivity index (χ3v) is 5.22. The molecule has 0 spiro atoms. The summed E-state index contributed by atoms with van der Waals surface area (Å²) >= 11 is 0. The predicted molar refractivity (Wildman–Crippen MR) is 89.5 cm³/mol. The zero-order valence-electron chi connectivity index (χ0n) is 13.5. The molecule has 6 nitrogen and oxygen atoms in total. The summed E-state index contributed by atoms with van der Waals surface area (Å²) in [6, 6.07) is 6.51. The molecule has 2 fully saturated rings. The van der Waals surface area contributed by atoms with Crippen molar-refractivity contribution in [2.24, 2.45) is 7.05 Å². The highest BCUT2D eigenvalue weighted by molar-refractivity contribution is 5.59. The van der Waals surface area contributed by atoms with E-state index in [1.165, 1.54) is 12.8 Å². The molecule has 2 aliphatic heterocycles. The van der Waals surface area contributed by atoms with Crippen LogP contribution in [0.4, 0.5) is 5.95 Å². The molecule has 0 amide bonds. The van der Waals surface area contributed by atoms with Gasteiger partial charge in [-0.25, -0.2) is 4.98 Å². The summed E-state index contributed by atoms with van der Waals surface area (Å²) in [5, 5.41) is 0. The average Bonchev–Trinajstić information content (AvgIpc) is 2.78. The van der Waals surface area contributed by atoms with E-state index in [9.17, 15) is 4.79 Å². The number of pyridine rings is 1. The van der Waals surface area contributed by atoms with E-state index in [1.807, 2.05) is 12.1 Å². The molecule has 0 unspecified atom stereocenters. The third kappa shape index (κ3) is 2.43. The van der Waals surface area contributed by atoms with Gasteiger partial charge in [-0.15, -0.1) is 0 Å². The second kappa shape index (κ2) is 5.45. The molecule has 2 aromatic heterocycles. The summed E-state index contributed by atoms with van der Waals surface area (Å²) in [6.45, 7) is 1.88. The first kappa shape index (κ1) is 14.4. The lowest BCUT2D eigenvalue weighted by molar-refractivity contribution is 0.210. The van der Waals surface area contributed by atoms with Crippen molar-refractivity contribution in [2.75, 3.05) is 25.0 Å². The first-order chi connectivity index (χ1) is 11.1. The zero-order valence-corrected chi connectivity index (χ0v) is 13.5. The summed E-state index contributed by atoms with van der Waals surface area (Å²) in [4.78, 5) is 26.0. The molecule has 2 aliphatic rings. The summed E-state index contributed by atoms with van der Waals surface area (Å²) in [6.07, 6.45) is 5.92. The van der Waals surface area contributed by atoms with Crippen molar-refractivity contribution in [1.29, 1.82) is 0 Å². The molecule has 2 bridgehead atoms. The minimum atomic E-state index is -0.0203. The average molecular weight is 311 g/mol. The highest BCUT2D eigenvalue weighted by Crippen LogP contribution is 2.30. The first-order valence-corrected chi connectivity index (χ1v) is 8.09. The molecule has 23 heavy (non-hydrogen) atoms. The number of likely N-dealkylation sites (N-methyl/N-ethyl adjacent to an activating group) is 1. The summed E-state index contributed by atoms with van der Waals surface area (Å²) in [7, 11) is 4.01. The van der Waals surface area contributed by atoms with E-state index in [0.717, 1.165) is 30.3 Å². The minimum Gasteiger partial charge on any atom is -0.339 e. The number of rotatable bonds is 2.